The van der Waals surface area contributed by atoms with Gasteiger partial charge >= 0.3 is 0 Å². The van der Waals surface area contributed by atoms with E-state index in [2.05, 4.69) is 11.8 Å². The van der Waals surface area contributed by atoms with Gasteiger partial charge in [0.25, 0.3) is 0 Å². The van der Waals surface area contributed by atoms with Crippen LogP contribution in [0.2, 0.25) is 0 Å². The van der Waals surface area contributed by atoms with E-state index in [1.54, 1.807) is 0 Å². The summed E-state index contributed by atoms with van der Waals surface area (Å²) in [7, 11) is 0. The van der Waals surface area contributed by atoms with E-state index in [1.807, 2.05) is 6.92 Å². The number of hydrogen-bond donors (Lipinski definition) is 1. The Bertz CT molecular complexity index is 221. The first-order chi connectivity index (χ1) is 8.16. The molecule has 1 saturated heterocycles. The van der Waals surface area contributed by atoms with Crippen LogP contribution in [0.3, 0.4) is 0 Å². The Morgan fingerprint density at radius 3 is 2.47 bits per heavy atom. The van der Waals surface area contributed by atoms with Gasteiger partial charge in [-0.1, -0.05) is 26.2 Å². The maximum absolute atomic E-state index is 9.88. The predicted molar refractivity (Wildman–Crippen MR) is 72.0 cm³/mol. The van der Waals surface area contributed by atoms with Gasteiger partial charge in [-0.3, -0.25) is 4.90 Å². The van der Waals surface area contributed by atoms with Crippen molar-refractivity contribution in [1.82, 2.24) is 4.90 Å². The van der Waals surface area contributed by atoms with E-state index in [0.717, 1.165) is 11.8 Å². The lowest BCUT2D eigenvalue weighted by Crippen LogP contribution is -2.47. The second-order valence-corrected chi connectivity index (χ2v) is 6.42. The van der Waals surface area contributed by atoms with Crippen LogP contribution in [0, 0.1) is 11.8 Å². The molecule has 17 heavy (non-hydrogen) atoms. The van der Waals surface area contributed by atoms with Crippen molar-refractivity contribution in [3.05, 3.63) is 0 Å². The molecule has 2 nitrogen and oxygen atoms in total. The summed E-state index contributed by atoms with van der Waals surface area (Å²) in [5.41, 5.74) is 0. The van der Waals surface area contributed by atoms with E-state index in [0.29, 0.717) is 6.04 Å². The molecule has 0 bridgehead atoms. The van der Waals surface area contributed by atoms with Gasteiger partial charge in [0.1, 0.15) is 0 Å². The van der Waals surface area contributed by atoms with E-state index in [9.17, 15) is 5.11 Å². The maximum Gasteiger partial charge on any atom is 0.0667 e. The molecule has 2 rings (SSSR count). The van der Waals surface area contributed by atoms with Crippen LogP contribution in [-0.4, -0.2) is 35.2 Å². The number of hydrogen-bond acceptors (Lipinski definition) is 2. The molecule has 2 aliphatic rings. The molecule has 2 fully saturated rings. The van der Waals surface area contributed by atoms with Crippen molar-refractivity contribution in [3.8, 4) is 0 Å². The van der Waals surface area contributed by atoms with Crippen LogP contribution >= 0.6 is 0 Å². The van der Waals surface area contributed by atoms with Crippen molar-refractivity contribution in [3.63, 3.8) is 0 Å². The molecule has 1 aliphatic heterocycles. The second kappa shape index (κ2) is 6.19. The smallest absolute Gasteiger partial charge is 0.0667 e. The van der Waals surface area contributed by atoms with Crippen LogP contribution in [0.25, 0.3) is 0 Å². The summed E-state index contributed by atoms with van der Waals surface area (Å²) < 4.78 is 0. The third-order valence-electron chi connectivity index (χ3n) is 4.85. The molecule has 1 N–H and O–H groups in total. The van der Waals surface area contributed by atoms with Crippen molar-refractivity contribution in [1.29, 1.82) is 0 Å². The molecule has 1 aliphatic carbocycles. The summed E-state index contributed by atoms with van der Waals surface area (Å²) in [6, 6.07) is 0.433. The molecule has 0 aromatic rings. The first-order valence-corrected chi connectivity index (χ1v) is 7.59. The number of aliphatic hydroxyl groups excluding tert-OH is 1. The van der Waals surface area contributed by atoms with Gasteiger partial charge in [-0.25, -0.2) is 0 Å². The van der Waals surface area contributed by atoms with Crippen molar-refractivity contribution >= 4 is 0 Å². The predicted octanol–water partition coefficient (Wildman–Crippen LogP) is 3.05. The summed E-state index contributed by atoms with van der Waals surface area (Å²) in [6.07, 6.45) is 9.31. The zero-order valence-electron chi connectivity index (χ0n) is 11.6. The van der Waals surface area contributed by atoms with Gasteiger partial charge in [-0.05, 0) is 51.0 Å². The van der Waals surface area contributed by atoms with E-state index in [1.165, 1.54) is 58.0 Å². The van der Waals surface area contributed by atoms with E-state index in [4.69, 9.17) is 0 Å². The Kier molecular flexibility index (Phi) is 4.87. The van der Waals surface area contributed by atoms with Gasteiger partial charge < -0.3 is 5.11 Å². The average Bonchev–Trinajstić information content (AvgIpc) is 2.32. The van der Waals surface area contributed by atoms with Crippen LogP contribution in [-0.2, 0) is 0 Å². The summed E-state index contributed by atoms with van der Waals surface area (Å²) in [5, 5.41) is 9.88. The SMILES string of the molecule is CC1CCC(CN2CCCC[C@@H]2[C@H](C)O)CC1. The summed E-state index contributed by atoms with van der Waals surface area (Å²) in [4.78, 5) is 2.58. The molecule has 0 aromatic carbocycles. The minimum atomic E-state index is -0.155. The van der Waals surface area contributed by atoms with Gasteiger partial charge in [0, 0.05) is 12.6 Å². The zero-order chi connectivity index (χ0) is 12.3. The number of aliphatic hydroxyl groups is 1. The average molecular weight is 239 g/mol. The Labute approximate surface area is 106 Å². The van der Waals surface area contributed by atoms with Crippen LogP contribution in [0.4, 0.5) is 0 Å². The largest absolute Gasteiger partial charge is 0.392 e. The highest BCUT2D eigenvalue weighted by Crippen LogP contribution is 2.30. The van der Waals surface area contributed by atoms with Crippen LogP contribution < -0.4 is 0 Å². The fraction of sp³-hybridized carbons (Fsp3) is 1.00. The van der Waals surface area contributed by atoms with Crippen LogP contribution in [0.1, 0.15) is 58.8 Å². The fourth-order valence-corrected chi connectivity index (χ4v) is 3.63. The Balaban J connectivity index is 1.83. The molecule has 0 spiro atoms. The van der Waals surface area contributed by atoms with Crippen molar-refractivity contribution in [2.45, 2.75) is 70.9 Å². The topological polar surface area (TPSA) is 23.5 Å². The molecule has 0 amide bonds. The molecule has 1 heterocycles. The zero-order valence-corrected chi connectivity index (χ0v) is 11.6. The normalized spacial score (nSPS) is 37.9. The summed E-state index contributed by atoms with van der Waals surface area (Å²) in [5.74, 6) is 1.84. The van der Waals surface area contributed by atoms with Crippen molar-refractivity contribution < 1.29 is 5.11 Å². The van der Waals surface area contributed by atoms with E-state index < -0.39 is 0 Å². The molecule has 0 radical (unpaired) electrons. The third-order valence-corrected chi connectivity index (χ3v) is 4.85. The van der Waals surface area contributed by atoms with Gasteiger partial charge in [0.05, 0.1) is 6.10 Å². The standard InChI is InChI=1S/C15H29NO/c1-12-6-8-14(9-7-12)11-16-10-4-3-5-15(16)13(2)17/h12-15,17H,3-11H2,1-2H3/t12?,13-,14?,15+/m0/s1. The van der Waals surface area contributed by atoms with Gasteiger partial charge in [0.2, 0.25) is 0 Å². The van der Waals surface area contributed by atoms with Crippen LogP contribution in [0.5, 0.6) is 0 Å². The van der Waals surface area contributed by atoms with E-state index >= 15 is 0 Å². The third kappa shape index (κ3) is 3.69. The molecule has 2 heteroatoms. The number of rotatable bonds is 3. The number of piperidine rings is 1. The Morgan fingerprint density at radius 1 is 1.12 bits per heavy atom. The van der Waals surface area contributed by atoms with Crippen molar-refractivity contribution in [2.24, 2.45) is 11.8 Å². The molecular formula is C15H29NO. The lowest BCUT2D eigenvalue weighted by molar-refractivity contribution is 0.0222. The highest BCUT2D eigenvalue weighted by atomic mass is 16.3. The first kappa shape index (κ1) is 13.4. The van der Waals surface area contributed by atoms with Crippen molar-refractivity contribution in [2.75, 3.05) is 13.1 Å². The highest BCUT2D eigenvalue weighted by molar-refractivity contribution is 4.83. The Morgan fingerprint density at radius 2 is 1.82 bits per heavy atom. The molecule has 2 atom stereocenters. The highest BCUT2D eigenvalue weighted by Gasteiger charge is 2.29. The summed E-state index contributed by atoms with van der Waals surface area (Å²) >= 11 is 0. The summed E-state index contributed by atoms with van der Waals surface area (Å²) in [6.45, 7) is 6.80. The molecule has 0 aromatic heterocycles. The van der Waals surface area contributed by atoms with Gasteiger partial charge in [0.15, 0.2) is 0 Å². The maximum atomic E-state index is 9.88. The molecule has 100 valence electrons. The number of nitrogens with zero attached hydrogens (tertiary/aromatic N) is 1. The number of likely N-dealkylation sites (tertiary alicyclic amines) is 1. The molecule has 1 saturated carbocycles. The first-order valence-electron chi connectivity index (χ1n) is 7.59. The van der Waals surface area contributed by atoms with E-state index in [-0.39, 0.29) is 6.10 Å². The minimum Gasteiger partial charge on any atom is -0.392 e. The fourth-order valence-electron chi connectivity index (χ4n) is 3.63. The quantitative estimate of drug-likeness (QED) is 0.818. The van der Waals surface area contributed by atoms with Crippen LogP contribution in [0.15, 0.2) is 0 Å². The Hall–Kier alpha value is -0.0800. The van der Waals surface area contributed by atoms with Gasteiger partial charge in [-0.2, -0.15) is 0 Å². The lowest BCUT2D eigenvalue weighted by atomic mass is 9.82. The lowest BCUT2D eigenvalue weighted by Gasteiger charge is -2.40. The minimum absolute atomic E-state index is 0.155. The molecular weight excluding hydrogens is 210 g/mol. The second-order valence-electron chi connectivity index (χ2n) is 6.42. The van der Waals surface area contributed by atoms with Gasteiger partial charge in [-0.15, -0.1) is 0 Å². The monoisotopic (exact) mass is 239 g/mol. The molecule has 0 unspecified atom stereocenters.